The van der Waals surface area contributed by atoms with Crippen molar-refractivity contribution in [3.8, 4) is 11.4 Å². The molecule has 2 aromatic heterocycles. The van der Waals surface area contributed by atoms with E-state index in [1.54, 1.807) is 22.8 Å². The average Bonchev–Trinajstić information content (AvgIpc) is 3.63. The highest BCUT2D eigenvalue weighted by Gasteiger charge is 2.31. The molecular weight excluding hydrogens is 449 g/mol. The second kappa shape index (κ2) is 8.53. The first-order chi connectivity index (χ1) is 16.7. The highest BCUT2D eigenvalue weighted by atomic mass is 32.2. The summed E-state index contributed by atoms with van der Waals surface area (Å²) in [6, 6.07) is 23.2. The molecule has 0 saturated heterocycles. The molecule has 0 unspecified atom stereocenters. The second-order valence-corrected chi connectivity index (χ2v) is 9.18. The lowest BCUT2D eigenvalue weighted by Crippen LogP contribution is -2.23. The maximum atomic E-state index is 13.6. The fourth-order valence-electron chi connectivity index (χ4n) is 4.06. The fraction of sp³-hybridized carbons (Fsp3) is 0.154. The van der Waals surface area contributed by atoms with Gasteiger partial charge in [-0.1, -0.05) is 42.1 Å². The van der Waals surface area contributed by atoms with E-state index >= 15 is 0 Å². The van der Waals surface area contributed by atoms with Gasteiger partial charge in [0.2, 0.25) is 0 Å². The zero-order valence-corrected chi connectivity index (χ0v) is 19.0. The number of nitrogens with zero attached hydrogens (tertiary/aromatic N) is 5. The Morgan fingerprint density at radius 3 is 2.32 bits per heavy atom. The van der Waals surface area contributed by atoms with Gasteiger partial charge in [-0.2, -0.15) is 0 Å². The van der Waals surface area contributed by atoms with E-state index < -0.39 is 0 Å². The van der Waals surface area contributed by atoms with Gasteiger partial charge < -0.3 is 0 Å². The molecule has 0 N–H and O–H groups in total. The summed E-state index contributed by atoms with van der Waals surface area (Å²) in [7, 11) is 0. The molecule has 0 radical (unpaired) electrons. The van der Waals surface area contributed by atoms with Gasteiger partial charge in [0.1, 0.15) is 17.5 Å². The molecule has 0 bridgehead atoms. The first-order valence-corrected chi connectivity index (χ1v) is 12.1. The highest BCUT2D eigenvalue weighted by molar-refractivity contribution is 7.98. The molecule has 3 aromatic carbocycles. The van der Waals surface area contributed by atoms with Gasteiger partial charge in [0.05, 0.1) is 22.3 Å². The Bertz CT molecular complexity index is 1540. The predicted molar refractivity (Wildman–Crippen MR) is 130 cm³/mol. The van der Waals surface area contributed by atoms with Gasteiger partial charge >= 0.3 is 0 Å². The fourth-order valence-corrected chi connectivity index (χ4v) is 4.94. The first-order valence-electron chi connectivity index (χ1n) is 11.1. The van der Waals surface area contributed by atoms with Gasteiger partial charge in [0.25, 0.3) is 5.56 Å². The summed E-state index contributed by atoms with van der Waals surface area (Å²) in [5.41, 5.74) is 2.03. The number of aromatic nitrogens is 5. The molecular formula is C26H20FN5OS. The number of benzene rings is 3. The third kappa shape index (κ3) is 3.80. The number of halogens is 1. The largest absolute Gasteiger partial charge is 0.274 e. The molecule has 2 heterocycles. The zero-order valence-electron chi connectivity index (χ0n) is 18.1. The van der Waals surface area contributed by atoms with Crippen LogP contribution < -0.4 is 5.56 Å². The van der Waals surface area contributed by atoms with E-state index in [2.05, 4.69) is 14.8 Å². The molecule has 34 heavy (non-hydrogen) atoms. The molecule has 1 aliphatic rings. The average molecular weight is 470 g/mol. The lowest BCUT2D eigenvalue weighted by atomic mass is 10.2. The molecule has 0 aliphatic heterocycles. The Hall–Kier alpha value is -3.78. The minimum absolute atomic E-state index is 0.184. The third-order valence-corrected chi connectivity index (χ3v) is 6.80. The van der Waals surface area contributed by atoms with E-state index in [0.717, 1.165) is 29.5 Å². The second-order valence-electron chi connectivity index (χ2n) is 8.24. The van der Waals surface area contributed by atoms with E-state index in [1.165, 1.54) is 23.9 Å². The van der Waals surface area contributed by atoms with Crippen molar-refractivity contribution in [2.75, 3.05) is 0 Å². The Morgan fingerprint density at radius 1 is 0.853 bits per heavy atom. The van der Waals surface area contributed by atoms with Crippen molar-refractivity contribution in [2.24, 2.45) is 0 Å². The smallest absolute Gasteiger partial charge is 0.265 e. The van der Waals surface area contributed by atoms with Gasteiger partial charge in [-0.05, 0) is 61.4 Å². The Labute approximate surface area is 199 Å². The van der Waals surface area contributed by atoms with E-state index in [9.17, 15) is 9.18 Å². The number of rotatable bonds is 6. The van der Waals surface area contributed by atoms with Crippen LogP contribution in [0.25, 0.3) is 22.3 Å². The van der Waals surface area contributed by atoms with E-state index in [-0.39, 0.29) is 11.4 Å². The molecule has 8 heteroatoms. The van der Waals surface area contributed by atoms with Crippen LogP contribution in [-0.4, -0.2) is 24.3 Å². The molecule has 168 valence electrons. The monoisotopic (exact) mass is 469 g/mol. The predicted octanol–water partition coefficient (Wildman–Crippen LogP) is 5.28. The van der Waals surface area contributed by atoms with Gasteiger partial charge in [0, 0.05) is 11.6 Å². The Balaban J connectivity index is 1.43. The van der Waals surface area contributed by atoms with E-state index in [4.69, 9.17) is 4.98 Å². The Morgan fingerprint density at radius 2 is 1.56 bits per heavy atom. The van der Waals surface area contributed by atoms with E-state index in [0.29, 0.717) is 34.1 Å². The normalized spacial score (nSPS) is 13.4. The summed E-state index contributed by atoms with van der Waals surface area (Å²) in [5, 5.41) is 10.2. The van der Waals surface area contributed by atoms with Crippen molar-refractivity contribution in [1.82, 2.24) is 24.3 Å². The van der Waals surface area contributed by atoms with Crippen LogP contribution in [0.3, 0.4) is 0 Å². The summed E-state index contributed by atoms with van der Waals surface area (Å²) >= 11 is 1.48. The topological polar surface area (TPSA) is 65.6 Å². The molecule has 5 aromatic rings. The summed E-state index contributed by atoms with van der Waals surface area (Å²) in [4.78, 5) is 18.2. The summed E-state index contributed by atoms with van der Waals surface area (Å²) in [5.74, 6) is 2.00. The molecule has 1 saturated carbocycles. The molecule has 1 fully saturated rings. The number of fused-ring (bicyclic) bond motifs is 1. The van der Waals surface area contributed by atoms with Crippen molar-refractivity contribution < 1.29 is 4.39 Å². The molecule has 1 aliphatic carbocycles. The van der Waals surface area contributed by atoms with Crippen LogP contribution in [0.15, 0.2) is 88.8 Å². The van der Waals surface area contributed by atoms with E-state index in [1.807, 2.05) is 48.5 Å². The van der Waals surface area contributed by atoms with Crippen molar-refractivity contribution in [3.63, 3.8) is 0 Å². The number of para-hydroxylation sites is 2. The van der Waals surface area contributed by atoms with Crippen LogP contribution in [0.4, 0.5) is 4.39 Å². The Kier molecular flexibility index (Phi) is 5.22. The van der Waals surface area contributed by atoms with Gasteiger partial charge in [0.15, 0.2) is 5.16 Å². The van der Waals surface area contributed by atoms with Crippen LogP contribution in [0.5, 0.6) is 0 Å². The van der Waals surface area contributed by atoms with Crippen LogP contribution in [-0.2, 0) is 5.75 Å². The van der Waals surface area contributed by atoms with Crippen LogP contribution in [0.1, 0.15) is 30.4 Å². The molecule has 0 spiro atoms. The SMILES string of the molecule is O=c1c2ccccc2nc(CSc2nnc(C3CC3)n2-c2ccccc2)n1-c1ccc(F)cc1. The standard InChI is InChI=1S/C26H20FN5OS/c27-18-12-14-20(15-13-18)31-23(28-22-9-5-4-8-21(22)25(31)33)16-34-26-30-29-24(17-10-11-17)32(26)19-6-2-1-3-7-19/h1-9,12-15,17H,10-11,16H2. The number of hydrogen-bond donors (Lipinski definition) is 0. The molecule has 0 atom stereocenters. The van der Waals surface area contributed by atoms with Crippen LogP contribution >= 0.6 is 11.8 Å². The van der Waals surface area contributed by atoms with Crippen molar-refractivity contribution in [2.45, 2.75) is 29.7 Å². The summed E-state index contributed by atoms with van der Waals surface area (Å²) in [6.45, 7) is 0. The zero-order chi connectivity index (χ0) is 23.1. The van der Waals surface area contributed by atoms with Gasteiger partial charge in [-0.3, -0.25) is 13.9 Å². The lowest BCUT2D eigenvalue weighted by Gasteiger charge is -2.14. The van der Waals surface area contributed by atoms with Crippen molar-refractivity contribution in [3.05, 3.63) is 107 Å². The maximum Gasteiger partial charge on any atom is 0.265 e. The third-order valence-electron chi connectivity index (χ3n) is 5.88. The van der Waals surface area contributed by atoms with Crippen molar-refractivity contribution in [1.29, 1.82) is 0 Å². The van der Waals surface area contributed by atoms with Crippen LogP contribution in [0.2, 0.25) is 0 Å². The highest BCUT2D eigenvalue weighted by Crippen LogP contribution is 2.41. The first kappa shape index (κ1) is 20.8. The van der Waals surface area contributed by atoms with Crippen molar-refractivity contribution >= 4 is 22.7 Å². The van der Waals surface area contributed by atoms with Gasteiger partial charge in [-0.15, -0.1) is 10.2 Å². The maximum absolute atomic E-state index is 13.6. The lowest BCUT2D eigenvalue weighted by molar-refractivity contribution is 0.627. The quantitative estimate of drug-likeness (QED) is 0.317. The van der Waals surface area contributed by atoms with Gasteiger partial charge in [-0.25, -0.2) is 9.37 Å². The summed E-state index contributed by atoms with van der Waals surface area (Å²) in [6.07, 6.45) is 2.23. The molecule has 0 amide bonds. The summed E-state index contributed by atoms with van der Waals surface area (Å²) < 4.78 is 17.2. The van der Waals surface area contributed by atoms with Crippen LogP contribution in [0, 0.1) is 5.82 Å². The molecule has 6 rings (SSSR count). The minimum Gasteiger partial charge on any atom is -0.274 e. The minimum atomic E-state index is -0.356. The number of hydrogen-bond acceptors (Lipinski definition) is 5. The molecule has 6 nitrogen and oxygen atoms in total. The number of thioether (sulfide) groups is 1.